The lowest BCUT2D eigenvalue weighted by molar-refractivity contribution is -0.167. The fourth-order valence-corrected chi connectivity index (χ4v) is 2.18. The van der Waals surface area contributed by atoms with Crippen LogP contribution in [0.5, 0.6) is 0 Å². The molecule has 0 spiro atoms. The molecule has 0 aromatic rings. The summed E-state index contributed by atoms with van der Waals surface area (Å²) in [7, 11) is 0. The molecule has 0 amide bonds. The molecule has 0 fully saturated rings. The van der Waals surface area contributed by atoms with Crippen LogP contribution in [0.25, 0.3) is 0 Å². The smallest absolute Gasteiger partial charge is 0.312 e. The minimum atomic E-state index is -0.582. The van der Waals surface area contributed by atoms with Crippen molar-refractivity contribution in [1.82, 2.24) is 0 Å². The van der Waals surface area contributed by atoms with Gasteiger partial charge in [-0.2, -0.15) is 0 Å². The van der Waals surface area contributed by atoms with Crippen molar-refractivity contribution in [2.45, 2.75) is 61.8 Å². The fraction of sp³-hybridized carbons (Fsp3) is 0.875. The van der Waals surface area contributed by atoms with E-state index in [1.165, 1.54) is 6.92 Å². The first-order chi connectivity index (χ1) is 8.79. The van der Waals surface area contributed by atoms with Gasteiger partial charge in [-0.1, -0.05) is 41.5 Å². The van der Waals surface area contributed by atoms with Crippen LogP contribution >= 0.6 is 0 Å². The number of rotatable bonds is 5. The van der Waals surface area contributed by atoms with Crippen molar-refractivity contribution in [2.75, 3.05) is 13.2 Å². The second-order valence-electron chi connectivity index (χ2n) is 7.80. The number of carbonyl (C=O) groups is 2. The van der Waals surface area contributed by atoms with Crippen molar-refractivity contribution in [3.05, 3.63) is 0 Å². The monoisotopic (exact) mass is 286 g/mol. The molecule has 1 unspecified atom stereocenters. The summed E-state index contributed by atoms with van der Waals surface area (Å²) >= 11 is 0. The fourth-order valence-electron chi connectivity index (χ4n) is 2.18. The molecule has 4 heteroatoms. The van der Waals surface area contributed by atoms with Gasteiger partial charge in [-0.25, -0.2) is 0 Å². The van der Waals surface area contributed by atoms with E-state index in [9.17, 15) is 9.59 Å². The molecule has 0 aliphatic rings. The molecule has 0 aliphatic carbocycles. The Morgan fingerprint density at radius 2 is 1.30 bits per heavy atom. The molecule has 1 atom stereocenters. The Labute approximate surface area is 123 Å². The van der Waals surface area contributed by atoms with E-state index in [2.05, 4.69) is 20.8 Å². The zero-order valence-corrected chi connectivity index (χ0v) is 14.3. The van der Waals surface area contributed by atoms with E-state index in [1.807, 2.05) is 27.7 Å². The summed E-state index contributed by atoms with van der Waals surface area (Å²) in [5.74, 6) is -0.596. The highest BCUT2D eigenvalue weighted by molar-refractivity contribution is 5.77. The van der Waals surface area contributed by atoms with Gasteiger partial charge in [0.15, 0.2) is 0 Å². The normalized spacial score (nSPS) is 15.4. The van der Waals surface area contributed by atoms with Crippen LogP contribution in [-0.4, -0.2) is 25.2 Å². The predicted octanol–water partition coefficient (Wildman–Crippen LogP) is 3.58. The third-order valence-corrected chi connectivity index (χ3v) is 3.61. The minimum absolute atomic E-state index is 0.0247. The average Bonchev–Trinajstić information content (AvgIpc) is 2.19. The first-order valence-corrected chi connectivity index (χ1v) is 7.10. The molecule has 0 aromatic heterocycles. The molecule has 0 bridgehead atoms. The van der Waals surface area contributed by atoms with Crippen LogP contribution < -0.4 is 0 Å². The molecular weight excluding hydrogens is 256 g/mol. The van der Waals surface area contributed by atoms with Crippen molar-refractivity contribution in [1.29, 1.82) is 0 Å². The van der Waals surface area contributed by atoms with E-state index in [0.717, 1.165) is 6.42 Å². The second kappa shape index (κ2) is 6.59. The van der Waals surface area contributed by atoms with Crippen LogP contribution in [0.2, 0.25) is 0 Å². The minimum Gasteiger partial charge on any atom is -0.462 e. The van der Waals surface area contributed by atoms with Gasteiger partial charge in [0.2, 0.25) is 0 Å². The molecule has 20 heavy (non-hydrogen) atoms. The molecule has 4 nitrogen and oxygen atoms in total. The maximum atomic E-state index is 12.5. The Kier molecular flexibility index (Phi) is 6.25. The van der Waals surface area contributed by atoms with E-state index in [4.69, 9.17) is 9.47 Å². The highest BCUT2D eigenvalue weighted by Crippen LogP contribution is 2.47. The first kappa shape index (κ1) is 18.9. The molecule has 118 valence electrons. The summed E-state index contributed by atoms with van der Waals surface area (Å²) in [6, 6.07) is 0. The van der Waals surface area contributed by atoms with Crippen LogP contribution in [0.3, 0.4) is 0 Å². The van der Waals surface area contributed by atoms with Gasteiger partial charge >= 0.3 is 11.9 Å². The lowest BCUT2D eigenvalue weighted by Crippen LogP contribution is -2.44. The van der Waals surface area contributed by atoms with Crippen molar-refractivity contribution < 1.29 is 19.1 Å². The van der Waals surface area contributed by atoms with Crippen molar-refractivity contribution >= 4 is 11.9 Å². The summed E-state index contributed by atoms with van der Waals surface area (Å²) in [5, 5.41) is 0. The number of hydrogen-bond acceptors (Lipinski definition) is 4. The molecule has 0 saturated heterocycles. The van der Waals surface area contributed by atoms with E-state index >= 15 is 0 Å². The van der Waals surface area contributed by atoms with Crippen LogP contribution in [0, 0.1) is 16.2 Å². The highest BCUT2D eigenvalue weighted by atomic mass is 16.6. The number of hydrogen-bond donors (Lipinski definition) is 0. The van der Waals surface area contributed by atoms with Gasteiger partial charge in [0.1, 0.15) is 13.2 Å². The summed E-state index contributed by atoms with van der Waals surface area (Å²) < 4.78 is 10.1. The van der Waals surface area contributed by atoms with Gasteiger partial charge in [0.05, 0.1) is 5.41 Å². The van der Waals surface area contributed by atoms with Crippen LogP contribution in [0.15, 0.2) is 0 Å². The molecule has 0 heterocycles. The molecule has 0 N–H and O–H groups in total. The van der Waals surface area contributed by atoms with E-state index in [1.54, 1.807) is 0 Å². The lowest BCUT2D eigenvalue weighted by Gasteiger charge is -2.43. The lowest BCUT2D eigenvalue weighted by atomic mass is 9.61. The van der Waals surface area contributed by atoms with Crippen molar-refractivity contribution in [3.63, 3.8) is 0 Å². The molecule has 0 aromatic carbocycles. The average molecular weight is 286 g/mol. The van der Waals surface area contributed by atoms with Gasteiger partial charge in [-0.15, -0.1) is 0 Å². The SMILES string of the molecule is CC(=O)OCCOC(=O)C(C)(CC(C)(C)C)C(C)(C)C. The Hall–Kier alpha value is -1.06. The summed E-state index contributed by atoms with van der Waals surface area (Å²) in [6.45, 7) is 16.0. The molecular formula is C16H30O4. The maximum absolute atomic E-state index is 12.5. The van der Waals surface area contributed by atoms with Crippen LogP contribution in [-0.2, 0) is 19.1 Å². The highest BCUT2D eigenvalue weighted by Gasteiger charge is 2.47. The standard InChI is InChI=1S/C16H30O4/c1-12(17)19-9-10-20-13(18)16(8,15(5,6)7)11-14(2,3)4/h9-11H2,1-8H3. The van der Waals surface area contributed by atoms with Crippen molar-refractivity contribution in [2.24, 2.45) is 16.2 Å². The number of ether oxygens (including phenoxy) is 2. The third kappa shape index (κ3) is 5.93. The summed E-state index contributed by atoms with van der Waals surface area (Å²) in [6.07, 6.45) is 0.732. The zero-order chi connectivity index (χ0) is 16.2. The van der Waals surface area contributed by atoms with Gasteiger partial charge < -0.3 is 9.47 Å². The number of carbonyl (C=O) groups excluding carboxylic acids is 2. The third-order valence-electron chi connectivity index (χ3n) is 3.61. The van der Waals surface area contributed by atoms with E-state index in [-0.39, 0.29) is 36.0 Å². The number of esters is 2. The largest absolute Gasteiger partial charge is 0.462 e. The topological polar surface area (TPSA) is 52.6 Å². The van der Waals surface area contributed by atoms with Gasteiger partial charge in [0, 0.05) is 6.92 Å². The quantitative estimate of drug-likeness (QED) is 0.572. The maximum Gasteiger partial charge on any atom is 0.312 e. The van der Waals surface area contributed by atoms with Gasteiger partial charge in [-0.05, 0) is 24.2 Å². The summed E-state index contributed by atoms with van der Waals surface area (Å²) in [4.78, 5) is 23.1. The van der Waals surface area contributed by atoms with Gasteiger partial charge in [-0.3, -0.25) is 9.59 Å². The van der Waals surface area contributed by atoms with Crippen molar-refractivity contribution in [3.8, 4) is 0 Å². The van der Waals surface area contributed by atoms with E-state index < -0.39 is 5.41 Å². The Morgan fingerprint density at radius 1 is 0.850 bits per heavy atom. The predicted molar refractivity (Wildman–Crippen MR) is 79.2 cm³/mol. The van der Waals surface area contributed by atoms with E-state index in [0.29, 0.717) is 0 Å². The Morgan fingerprint density at radius 3 is 1.65 bits per heavy atom. The van der Waals surface area contributed by atoms with Gasteiger partial charge in [0.25, 0.3) is 0 Å². The van der Waals surface area contributed by atoms with Crippen LogP contribution in [0.1, 0.15) is 61.8 Å². The van der Waals surface area contributed by atoms with Crippen LogP contribution in [0.4, 0.5) is 0 Å². The Bertz CT molecular complexity index is 346. The summed E-state index contributed by atoms with van der Waals surface area (Å²) in [5.41, 5.74) is -0.767. The second-order valence-corrected chi connectivity index (χ2v) is 7.80. The first-order valence-electron chi connectivity index (χ1n) is 7.10. The molecule has 0 saturated carbocycles. The Balaban J connectivity index is 4.80. The molecule has 0 radical (unpaired) electrons. The molecule has 0 rings (SSSR count). The molecule has 0 aliphatic heterocycles. The zero-order valence-electron chi connectivity index (χ0n) is 14.3.